The van der Waals surface area contributed by atoms with Gasteiger partial charge in [-0.1, -0.05) is 17.3 Å². The fraction of sp³-hybridized carbons (Fsp3) is 0.500. The lowest BCUT2D eigenvalue weighted by Crippen LogP contribution is -2.46. The van der Waals surface area contributed by atoms with E-state index in [1.807, 2.05) is 6.92 Å². The van der Waals surface area contributed by atoms with E-state index in [9.17, 15) is 13.6 Å². The number of alkyl halides is 2. The number of carbonyl (C=O) groups is 1. The smallest absolute Gasteiger partial charge is 0.387 e. The molecule has 3 atom stereocenters. The van der Waals surface area contributed by atoms with Gasteiger partial charge in [0.05, 0.1) is 19.8 Å². The molecule has 3 aliphatic rings. The zero-order valence-corrected chi connectivity index (χ0v) is 21.8. The summed E-state index contributed by atoms with van der Waals surface area (Å²) in [6.45, 7) is -0.832. The number of aryl methyl sites for hydroxylation is 1. The molecule has 2 saturated heterocycles. The van der Waals surface area contributed by atoms with Gasteiger partial charge in [0.2, 0.25) is 5.95 Å². The van der Waals surface area contributed by atoms with Crippen molar-refractivity contribution in [2.75, 3.05) is 12.0 Å². The number of anilines is 1. The molecule has 11 heteroatoms. The molecule has 1 saturated carbocycles. The highest BCUT2D eigenvalue weighted by atomic mass is 19.3. The minimum Gasteiger partial charge on any atom is -0.464 e. The van der Waals surface area contributed by atoms with E-state index in [0.29, 0.717) is 22.9 Å². The van der Waals surface area contributed by atoms with Gasteiger partial charge in [0.15, 0.2) is 5.69 Å². The van der Waals surface area contributed by atoms with E-state index in [0.717, 1.165) is 49.8 Å². The molecule has 0 N–H and O–H groups in total. The highest BCUT2D eigenvalue weighted by Gasteiger charge is 2.43. The Hall–Kier alpha value is -3.60. The average Bonchev–Trinajstić information content (AvgIpc) is 3.62. The van der Waals surface area contributed by atoms with Crippen LogP contribution >= 0.6 is 0 Å². The van der Waals surface area contributed by atoms with Crippen LogP contribution in [0.4, 0.5) is 14.7 Å². The van der Waals surface area contributed by atoms with Crippen LogP contribution in [-0.4, -0.2) is 53.0 Å². The van der Waals surface area contributed by atoms with Crippen LogP contribution < -0.4 is 9.64 Å². The summed E-state index contributed by atoms with van der Waals surface area (Å²) in [5, 5.41) is 4.27. The molecule has 3 fully saturated rings. The highest BCUT2D eigenvalue weighted by Crippen LogP contribution is 2.46. The maximum atomic E-state index is 13.1. The Balaban J connectivity index is 1.20. The molecule has 39 heavy (non-hydrogen) atoms. The molecular formula is C28H30F2N4O5. The molecule has 206 valence electrons. The zero-order valence-electron chi connectivity index (χ0n) is 21.8. The lowest BCUT2D eigenvalue weighted by atomic mass is 9.99. The fourth-order valence-electron chi connectivity index (χ4n) is 5.87. The number of fused-ring (bicyclic) bond motifs is 2. The molecule has 0 spiro atoms. The van der Waals surface area contributed by atoms with Crippen molar-refractivity contribution in [3.05, 3.63) is 53.0 Å². The van der Waals surface area contributed by atoms with E-state index in [4.69, 9.17) is 18.7 Å². The number of para-hydroxylation sites is 1. The van der Waals surface area contributed by atoms with Crippen molar-refractivity contribution in [3.63, 3.8) is 0 Å². The van der Waals surface area contributed by atoms with Crippen LogP contribution in [0.2, 0.25) is 0 Å². The van der Waals surface area contributed by atoms with E-state index in [1.165, 1.54) is 13.2 Å². The van der Waals surface area contributed by atoms with Gasteiger partial charge in [-0.15, -0.1) is 0 Å². The SMILES string of the molecule is COC(=O)c1cc(C)nc(N2[C@@H]3CC[C@H]2CC(OCc2c(-c4ccccc4OC(F)F)noc2C2CC2)C3)n1. The van der Waals surface area contributed by atoms with Crippen molar-refractivity contribution in [1.82, 2.24) is 15.1 Å². The lowest BCUT2D eigenvalue weighted by Gasteiger charge is -2.39. The number of benzene rings is 1. The van der Waals surface area contributed by atoms with Crippen LogP contribution in [-0.2, 0) is 16.1 Å². The third-order valence-electron chi connectivity index (χ3n) is 7.75. The second-order valence-corrected chi connectivity index (χ2v) is 10.4. The van der Waals surface area contributed by atoms with Crippen LogP contribution in [0.3, 0.4) is 0 Å². The van der Waals surface area contributed by atoms with Gasteiger partial charge in [0.1, 0.15) is 17.2 Å². The summed E-state index contributed by atoms with van der Waals surface area (Å²) in [5.41, 5.74) is 2.70. The number of halogens is 2. The number of hydrogen-bond donors (Lipinski definition) is 0. The van der Waals surface area contributed by atoms with E-state index >= 15 is 0 Å². The second kappa shape index (κ2) is 10.5. The largest absolute Gasteiger partial charge is 0.464 e. The van der Waals surface area contributed by atoms with Crippen LogP contribution in [0.15, 0.2) is 34.9 Å². The Kier molecular flexibility index (Phi) is 6.92. The summed E-state index contributed by atoms with van der Waals surface area (Å²) in [6, 6.07) is 8.62. The lowest BCUT2D eigenvalue weighted by molar-refractivity contribution is -0.0494. The molecule has 1 unspecified atom stereocenters. The molecule has 0 amide bonds. The first-order chi connectivity index (χ1) is 18.9. The van der Waals surface area contributed by atoms with Gasteiger partial charge in [-0.2, -0.15) is 8.78 Å². The second-order valence-electron chi connectivity index (χ2n) is 10.4. The molecule has 4 heterocycles. The summed E-state index contributed by atoms with van der Waals surface area (Å²) in [7, 11) is 1.34. The monoisotopic (exact) mass is 540 g/mol. The van der Waals surface area contributed by atoms with Crippen LogP contribution in [0.5, 0.6) is 5.75 Å². The van der Waals surface area contributed by atoms with Gasteiger partial charge in [-0.3, -0.25) is 0 Å². The summed E-state index contributed by atoms with van der Waals surface area (Å²) < 4.78 is 47.9. The minimum absolute atomic E-state index is 0.00834. The highest BCUT2D eigenvalue weighted by molar-refractivity contribution is 5.87. The summed E-state index contributed by atoms with van der Waals surface area (Å²) in [4.78, 5) is 23.4. The van der Waals surface area contributed by atoms with E-state index in [2.05, 4.69) is 20.0 Å². The van der Waals surface area contributed by atoms with Gasteiger partial charge in [0.25, 0.3) is 0 Å². The van der Waals surface area contributed by atoms with Crippen LogP contribution in [0.25, 0.3) is 11.3 Å². The van der Waals surface area contributed by atoms with Crippen LogP contribution in [0, 0.1) is 6.92 Å². The molecule has 1 aliphatic carbocycles. The number of rotatable bonds is 9. The summed E-state index contributed by atoms with van der Waals surface area (Å²) in [6.07, 6.45) is 5.54. The number of nitrogens with zero attached hydrogens (tertiary/aromatic N) is 4. The van der Waals surface area contributed by atoms with Gasteiger partial charge >= 0.3 is 12.6 Å². The van der Waals surface area contributed by atoms with Crippen molar-refractivity contribution >= 4 is 11.9 Å². The predicted octanol–water partition coefficient (Wildman–Crippen LogP) is 5.42. The predicted molar refractivity (Wildman–Crippen MR) is 136 cm³/mol. The maximum absolute atomic E-state index is 13.1. The summed E-state index contributed by atoms with van der Waals surface area (Å²) in [5.74, 6) is 1.16. The van der Waals surface area contributed by atoms with Gasteiger partial charge in [-0.25, -0.2) is 14.8 Å². The fourth-order valence-corrected chi connectivity index (χ4v) is 5.87. The molecule has 6 rings (SSSR count). The Bertz CT molecular complexity index is 1350. The Morgan fingerprint density at radius 2 is 1.87 bits per heavy atom. The van der Waals surface area contributed by atoms with Gasteiger partial charge in [-0.05, 0) is 63.6 Å². The Labute approximate surface area is 224 Å². The molecule has 2 aliphatic heterocycles. The van der Waals surface area contributed by atoms with Crippen molar-refractivity contribution in [2.24, 2.45) is 0 Å². The third-order valence-corrected chi connectivity index (χ3v) is 7.75. The number of carbonyl (C=O) groups excluding carboxylic acids is 1. The first-order valence-electron chi connectivity index (χ1n) is 13.3. The molecule has 1 aromatic carbocycles. The zero-order chi connectivity index (χ0) is 27.1. The average molecular weight is 541 g/mol. The van der Waals surface area contributed by atoms with Crippen molar-refractivity contribution in [3.8, 4) is 17.0 Å². The van der Waals surface area contributed by atoms with Gasteiger partial charge in [0, 0.05) is 34.8 Å². The number of ether oxygens (including phenoxy) is 3. The molecule has 0 radical (unpaired) electrons. The summed E-state index contributed by atoms with van der Waals surface area (Å²) >= 11 is 0. The van der Waals surface area contributed by atoms with E-state index in [1.54, 1.807) is 24.3 Å². The van der Waals surface area contributed by atoms with E-state index in [-0.39, 0.29) is 42.2 Å². The van der Waals surface area contributed by atoms with Crippen molar-refractivity contribution in [1.29, 1.82) is 0 Å². The standard InChI is InChI=1S/C28H30F2N4O5/c1-15-11-22(26(35)36-2)32-28(31-15)34-17-9-10-18(34)13-19(12-17)37-14-21-24(33-39-25(21)16-7-8-16)20-5-3-4-6-23(20)38-27(29)30/h3-6,11,16-19,27H,7-10,12-14H2,1-2H3/t17-,18+,19?. The topological polar surface area (TPSA) is 99.8 Å². The molecular weight excluding hydrogens is 510 g/mol. The third kappa shape index (κ3) is 5.19. The molecule has 9 nitrogen and oxygen atoms in total. The van der Waals surface area contributed by atoms with Crippen LogP contribution in [0.1, 0.15) is 71.9 Å². The first kappa shape index (κ1) is 25.7. The maximum Gasteiger partial charge on any atom is 0.387 e. The number of methoxy groups -OCH3 is 1. The molecule has 2 aromatic heterocycles. The number of hydrogen-bond acceptors (Lipinski definition) is 9. The van der Waals surface area contributed by atoms with Crippen molar-refractivity contribution < 1.29 is 32.3 Å². The first-order valence-corrected chi connectivity index (χ1v) is 13.3. The normalized spacial score (nSPS) is 22.4. The minimum atomic E-state index is -2.94. The number of esters is 1. The number of piperidine rings is 1. The van der Waals surface area contributed by atoms with Gasteiger partial charge < -0.3 is 23.6 Å². The van der Waals surface area contributed by atoms with E-state index < -0.39 is 12.6 Å². The Morgan fingerprint density at radius 3 is 2.56 bits per heavy atom. The van der Waals surface area contributed by atoms with Crippen molar-refractivity contribution in [2.45, 2.75) is 82.8 Å². The quantitative estimate of drug-likeness (QED) is 0.329. The Morgan fingerprint density at radius 1 is 1.13 bits per heavy atom. The molecule has 3 aromatic rings. The number of aromatic nitrogens is 3. The molecule has 2 bridgehead atoms.